The van der Waals surface area contributed by atoms with Crippen LogP contribution in [0.3, 0.4) is 0 Å². The van der Waals surface area contributed by atoms with Crippen LogP contribution in [0.15, 0.2) is 24.3 Å². The Bertz CT molecular complexity index is 700. The number of ether oxygens (including phenoxy) is 2. The van der Waals surface area contributed by atoms with Crippen molar-refractivity contribution in [2.45, 2.75) is 64.2 Å². The molecular formula is C21H29NO5. The van der Waals surface area contributed by atoms with Gasteiger partial charge in [0.15, 0.2) is 0 Å². The minimum absolute atomic E-state index is 0.0869. The first-order valence-electron chi connectivity index (χ1n) is 9.48. The number of likely N-dealkylation sites (tertiary alicyclic amines) is 1. The van der Waals surface area contributed by atoms with Gasteiger partial charge >= 0.3 is 12.1 Å². The third-order valence-electron chi connectivity index (χ3n) is 5.57. The highest BCUT2D eigenvalue weighted by atomic mass is 16.6. The quantitative estimate of drug-likeness (QED) is 0.798. The fourth-order valence-corrected chi connectivity index (χ4v) is 4.24. The van der Waals surface area contributed by atoms with Gasteiger partial charge < -0.3 is 19.5 Å². The van der Waals surface area contributed by atoms with Crippen molar-refractivity contribution >= 4 is 12.1 Å². The second-order valence-electron chi connectivity index (χ2n) is 8.82. The molecule has 0 radical (unpaired) electrons. The molecule has 1 amide bonds. The maximum absolute atomic E-state index is 12.8. The number of hydrogen-bond donors (Lipinski definition) is 1. The molecule has 1 aliphatic carbocycles. The fraction of sp³-hybridized carbons (Fsp3) is 0.619. The number of piperidine rings is 1. The highest BCUT2D eigenvalue weighted by molar-refractivity contribution is 5.89. The molecule has 2 aliphatic rings. The lowest BCUT2D eigenvalue weighted by atomic mass is 9.59. The number of rotatable bonds is 2. The second-order valence-corrected chi connectivity index (χ2v) is 8.82. The van der Waals surface area contributed by atoms with E-state index in [4.69, 9.17) is 9.47 Å². The Kier molecular flexibility index (Phi) is 5.21. The van der Waals surface area contributed by atoms with Crippen LogP contribution in [0.25, 0.3) is 0 Å². The molecular weight excluding hydrogens is 346 g/mol. The number of nitrogens with zero attached hydrogens (tertiary/aromatic N) is 1. The molecule has 1 aromatic rings. The van der Waals surface area contributed by atoms with Gasteiger partial charge in [-0.25, -0.2) is 9.59 Å². The molecule has 1 heterocycles. The molecule has 3 rings (SSSR count). The summed E-state index contributed by atoms with van der Waals surface area (Å²) in [5, 5.41) is 9.82. The predicted octanol–water partition coefficient (Wildman–Crippen LogP) is 3.69. The Morgan fingerprint density at radius 1 is 1.15 bits per heavy atom. The SMILES string of the molecule is COC(=O)c1ccc([C@@H]2CC3(CCN2C(=O)OC(C)(C)C)CC(O)C3)cc1. The van der Waals surface area contributed by atoms with Crippen LogP contribution in [0.5, 0.6) is 0 Å². The van der Waals surface area contributed by atoms with Crippen LogP contribution in [-0.2, 0) is 9.47 Å². The summed E-state index contributed by atoms with van der Waals surface area (Å²) in [6, 6.07) is 7.08. The van der Waals surface area contributed by atoms with E-state index in [1.807, 2.05) is 32.9 Å². The van der Waals surface area contributed by atoms with Gasteiger partial charge in [0.2, 0.25) is 0 Å². The summed E-state index contributed by atoms with van der Waals surface area (Å²) in [6.07, 6.45) is 2.68. The molecule has 1 atom stereocenters. The normalized spacial score (nSPS) is 27.8. The monoisotopic (exact) mass is 375 g/mol. The molecule has 6 nitrogen and oxygen atoms in total. The van der Waals surface area contributed by atoms with E-state index in [1.165, 1.54) is 7.11 Å². The standard InChI is InChI=1S/C21H29NO5/c1-20(2,3)27-19(25)22-10-9-21(11-16(23)12-21)13-17(22)14-5-7-15(8-6-14)18(24)26-4/h5-8,16-17,23H,9-13H2,1-4H3/t16?,17-,21?/m0/s1. The van der Waals surface area contributed by atoms with Crippen molar-refractivity contribution in [3.8, 4) is 0 Å². The van der Waals surface area contributed by atoms with Gasteiger partial charge in [-0.2, -0.15) is 0 Å². The summed E-state index contributed by atoms with van der Waals surface area (Å²) in [4.78, 5) is 26.3. The Balaban J connectivity index is 1.85. The van der Waals surface area contributed by atoms with Crippen LogP contribution in [0.1, 0.15) is 68.4 Å². The van der Waals surface area contributed by atoms with E-state index >= 15 is 0 Å². The number of aliphatic hydroxyl groups is 1. The van der Waals surface area contributed by atoms with Crippen molar-refractivity contribution in [2.24, 2.45) is 5.41 Å². The number of aliphatic hydroxyl groups excluding tert-OH is 1. The molecule has 1 saturated heterocycles. The van der Waals surface area contributed by atoms with Gasteiger partial charge in [0, 0.05) is 6.54 Å². The van der Waals surface area contributed by atoms with Crippen molar-refractivity contribution in [1.82, 2.24) is 4.90 Å². The third kappa shape index (κ3) is 4.26. The van der Waals surface area contributed by atoms with Crippen molar-refractivity contribution in [1.29, 1.82) is 0 Å². The van der Waals surface area contributed by atoms with Crippen LogP contribution in [0.2, 0.25) is 0 Å². The van der Waals surface area contributed by atoms with Crippen molar-refractivity contribution in [3.63, 3.8) is 0 Å². The van der Waals surface area contributed by atoms with Gasteiger partial charge in [0.1, 0.15) is 5.60 Å². The van der Waals surface area contributed by atoms with Gasteiger partial charge in [0.05, 0.1) is 24.8 Å². The van der Waals surface area contributed by atoms with Gasteiger partial charge in [0.25, 0.3) is 0 Å². The zero-order chi connectivity index (χ0) is 19.8. The van der Waals surface area contributed by atoms with Gasteiger partial charge in [-0.15, -0.1) is 0 Å². The van der Waals surface area contributed by atoms with E-state index < -0.39 is 5.60 Å². The van der Waals surface area contributed by atoms with Crippen LogP contribution in [0.4, 0.5) is 4.79 Å². The third-order valence-corrected chi connectivity index (χ3v) is 5.57. The van der Waals surface area contributed by atoms with Crippen LogP contribution in [0, 0.1) is 5.41 Å². The topological polar surface area (TPSA) is 76.1 Å². The van der Waals surface area contributed by atoms with E-state index in [0.29, 0.717) is 12.1 Å². The molecule has 2 fully saturated rings. The van der Waals surface area contributed by atoms with E-state index in [-0.39, 0.29) is 29.6 Å². The summed E-state index contributed by atoms with van der Waals surface area (Å²) < 4.78 is 10.4. The molecule has 1 N–H and O–H groups in total. The molecule has 0 aromatic heterocycles. The summed E-state index contributed by atoms with van der Waals surface area (Å²) in [5.74, 6) is -0.382. The van der Waals surface area contributed by atoms with Gasteiger partial charge in [-0.1, -0.05) is 12.1 Å². The molecule has 1 saturated carbocycles. The Hall–Kier alpha value is -2.08. The van der Waals surface area contributed by atoms with E-state index in [9.17, 15) is 14.7 Å². The molecule has 6 heteroatoms. The zero-order valence-corrected chi connectivity index (χ0v) is 16.5. The summed E-state index contributed by atoms with van der Waals surface area (Å²) in [5.41, 5.74) is 0.977. The lowest BCUT2D eigenvalue weighted by Gasteiger charge is -2.53. The van der Waals surface area contributed by atoms with E-state index in [0.717, 1.165) is 31.2 Å². The first-order chi connectivity index (χ1) is 12.6. The van der Waals surface area contributed by atoms with Crippen molar-refractivity contribution in [3.05, 3.63) is 35.4 Å². The maximum Gasteiger partial charge on any atom is 0.410 e. The molecule has 1 spiro atoms. The molecule has 148 valence electrons. The average molecular weight is 375 g/mol. The van der Waals surface area contributed by atoms with E-state index in [2.05, 4.69) is 0 Å². The zero-order valence-electron chi connectivity index (χ0n) is 16.5. The Morgan fingerprint density at radius 2 is 1.78 bits per heavy atom. The lowest BCUT2D eigenvalue weighted by Crippen LogP contribution is -2.52. The fourth-order valence-electron chi connectivity index (χ4n) is 4.24. The van der Waals surface area contributed by atoms with Gasteiger partial charge in [-0.05, 0) is 69.6 Å². The maximum atomic E-state index is 12.8. The van der Waals surface area contributed by atoms with Crippen LogP contribution in [-0.4, -0.2) is 47.4 Å². The van der Waals surface area contributed by atoms with Crippen molar-refractivity contribution < 1.29 is 24.2 Å². The minimum Gasteiger partial charge on any atom is -0.465 e. The molecule has 27 heavy (non-hydrogen) atoms. The van der Waals surface area contributed by atoms with Crippen LogP contribution < -0.4 is 0 Å². The summed E-state index contributed by atoms with van der Waals surface area (Å²) in [6.45, 7) is 6.18. The minimum atomic E-state index is -0.557. The lowest BCUT2D eigenvalue weighted by molar-refractivity contribution is -0.0864. The number of carbonyl (C=O) groups is 2. The highest BCUT2D eigenvalue weighted by Crippen LogP contribution is 2.54. The predicted molar refractivity (Wildman–Crippen MR) is 100 cm³/mol. The second kappa shape index (κ2) is 7.15. The summed E-state index contributed by atoms with van der Waals surface area (Å²) in [7, 11) is 1.35. The number of benzene rings is 1. The first-order valence-corrected chi connectivity index (χ1v) is 9.48. The smallest absolute Gasteiger partial charge is 0.410 e. The van der Waals surface area contributed by atoms with E-state index in [1.54, 1.807) is 17.0 Å². The number of methoxy groups -OCH3 is 1. The molecule has 1 aliphatic heterocycles. The summed E-state index contributed by atoms with van der Waals surface area (Å²) >= 11 is 0. The first kappa shape index (κ1) is 19.7. The average Bonchev–Trinajstić information content (AvgIpc) is 2.58. The number of carbonyl (C=O) groups excluding carboxylic acids is 2. The van der Waals surface area contributed by atoms with Crippen molar-refractivity contribution in [2.75, 3.05) is 13.7 Å². The highest BCUT2D eigenvalue weighted by Gasteiger charge is 2.49. The molecule has 1 aromatic carbocycles. The molecule has 0 bridgehead atoms. The molecule has 0 unspecified atom stereocenters. The van der Waals surface area contributed by atoms with Gasteiger partial charge in [-0.3, -0.25) is 0 Å². The largest absolute Gasteiger partial charge is 0.465 e. The Labute approximate surface area is 160 Å². The number of amides is 1. The van der Waals surface area contributed by atoms with Crippen LogP contribution >= 0.6 is 0 Å². The number of hydrogen-bond acceptors (Lipinski definition) is 5. The number of esters is 1. The Morgan fingerprint density at radius 3 is 2.30 bits per heavy atom.